The molecule has 0 unspecified atom stereocenters. The molecule has 0 saturated carbocycles. The minimum Gasteiger partial charge on any atom is -0.469 e. The second-order valence-electron chi connectivity index (χ2n) is 21.2. The molecule has 470 valence electrons. The third-order valence-corrected chi connectivity index (χ3v) is 16.8. The third-order valence-electron chi connectivity index (χ3n) is 12.7. The first-order valence-electron chi connectivity index (χ1n) is 26.1. The molecule has 0 spiro atoms. The lowest BCUT2D eigenvalue weighted by molar-refractivity contribution is -0.295. The van der Waals surface area contributed by atoms with Crippen LogP contribution in [0.5, 0.6) is 0 Å². The number of aldehydes is 1. The summed E-state index contributed by atoms with van der Waals surface area (Å²) in [5.74, 6) is -4.08. The number of esters is 2. The molecule has 0 bridgehead atoms. The molecular weight excluding hydrogens is 1180 g/mol. The lowest BCUT2D eigenvalue weighted by atomic mass is 9.97. The van der Waals surface area contributed by atoms with Gasteiger partial charge in [0.25, 0.3) is 5.16 Å². The van der Waals surface area contributed by atoms with Gasteiger partial charge in [-0.1, -0.05) is 44.9 Å². The fourth-order valence-corrected chi connectivity index (χ4v) is 10.9. The van der Waals surface area contributed by atoms with Gasteiger partial charge in [0.1, 0.15) is 11.6 Å². The number of carbonyl (C=O) groups excluding carboxylic acids is 3. The van der Waals surface area contributed by atoms with Crippen LogP contribution in [0.4, 0.5) is 25.4 Å². The molecule has 2 saturated heterocycles. The molecule has 5 heterocycles. The van der Waals surface area contributed by atoms with Gasteiger partial charge >= 0.3 is 11.9 Å². The molecule has 2 aliphatic heterocycles. The number of nitrogens with zero attached hydrogens (tertiary/aromatic N) is 10. The van der Waals surface area contributed by atoms with Crippen LogP contribution in [0.15, 0.2) is 59.8 Å². The summed E-state index contributed by atoms with van der Waals surface area (Å²) in [7, 11) is -4.12. The molecule has 85 heavy (non-hydrogen) atoms. The summed E-state index contributed by atoms with van der Waals surface area (Å²) < 4.78 is 135. The normalized spacial score (nSPS) is 18.5. The van der Waals surface area contributed by atoms with E-state index in [4.69, 9.17) is 23.7 Å². The van der Waals surface area contributed by atoms with Crippen molar-refractivity contribution in [2.75, 3.05) is 55.2 Å². The minimum atomic E-state index is -3.72. The number of sulfone groups is 1. The zero-order chi connectivity index (χ0) is 62.9. The summed E-state index contributed by atoms with van der Waals surface area (Å²) in [5, 5.41) is 10.1. The number of tetrazole rings is 1. The number of anilines is 2. The highest BCUT2D eigenvalue weighted by molar-refractivity contribution is 7.92. The van der Waals surface area contributed by atoms with Crippen molar-refractivity contribution in [3.8, 4) is 22.5 Å². The van der Waals surface area contributed by atoms with Crippen molar-refractivity contribution in [3.05, 3.63) is 88.8 Å². The molecule has 31 heteroatoms. The van der Waals surface area contributed by atoms with Gasteiger partial charge in [0.2, 0.25) is 41.8 Å². The largest absolute Gasteiger partial charge is 0.469 e. The van der Waals surface area contributed by atoms with Gasteiger partial charge in [0.05, 0.1) is 98.1 Å². The molecule has 0 amide bonds. The Bertz CT molecular complexity index is 3530. The predicted molar refractivity (Wildman–Crippen MR) is 310 cm³/mol. The maximum absolute atomic E-state index is 13.7. The third kappa shape index (κ3) is 19.6. The van der Waals surface area contributed by atoms with Crippen LogP contribution in [-0.4, -0.2) is 166 Å². The Balaban J connectivity index is 0.000000348. The molecule has 2 aliphatic rings. The van der Waals surface area contributed by atoms with Gasteiger partial charge in [-0.2, -0.15) is 0 Å². The van der Waals surface area contributed by atoms with E-state index in [1.54, 1.807) is 39.8 Å². The first kappa shape index (κ1) is 70.6. The van der Waals surface area contributed by atoms with Gasteiger partial charge in [-0.05, 0) is 98.5 Å². The topological polar surface area (TPSA) is 311 Å². The molecule has 3 aromatic heterocycles. The first-order chi connectivity index (χ1) is 39.0. The average molecular weight is 1260 g/mol. The number of halogens is 3. The van der Waals surface area contributed by atoms with E-state index < -0.39 is 83.5 Å². The number of benzene rings is 2. The Kier molecular flexibility index (Phi) is 24.1. The number of aryl methyl sites for hydroxylation is 1. The molecule has 5 aromatic rings. The first-order valence-corrected chi connectivity index (χ1v) is 31.5. The summed E-state index contributed by atoms with van der Waals surface area (Å²) in [5.41, 5.74) is 3.81. The van der Waals surface area contributed by atoms with Crippen LogP contribution in [0.3, 0.4) is 0 Å². The van der Waals surface area contributed by atoms with Gasteiger partial charge < -0.3 is 28.4 Å². The number of rotatable bonds is 18. The summed E-state index contributed by atoms with van der Waals surface area (Å²) in [6.07, 6.45) is 5.33. The van der Waals surface area contributed by atoms with Gasteiger partial charge in [-0.15, -0.1) is 0 Å². The fraction of sp³-hybridized carbons (Fsp3) is 0.519. The fourth-order valence-electron chi connectivity index (χ4n) is 8.73. The number of hydrogen-bond acceptors (Lipinski definition) is 22. The lowest BCUT2D eigenvalue weighted by Gasteiger charge is -2.40. The van der Waals surface area contributed by atoms with Crippen molar-refractivity contribution in [1.82, 2.24) is 40.1 Å². The Morgan fingerprint density at radius 1 is 0.694 bits per heavy atom. The van der Waals surface area contributed by atoms with Crippen molar-refractivity contribution in [3.63, 3.8) is 0 Å². The minimum absolute atomic E-state index is 0. The summed E-state index contributed by atoms with van der Waals surface area (Å²) >= 11 is 0. The van der Waals surface area contributed by atoms with E-state index in [-0.39, 0.29) is 77.3 Å². The number of hydrogen-bond donors (Lipinski definition) is 0. The number of methoxy groups -OCH3 is 2. The Morgan fingerprint density at radius 2 is 1.11 bits per heavy atom. The average Bonchev–Trinajstić information content (AvgIpc) is 1.33. The van der Waals surface area contributed by atoms with E-state index in [1.807, 2.05) is 39.8 Å². The van der Waals surface area contributed by atoms with Crippen LogP contribution in [0, 0.1) is 11.6 Å². The van der Waals surface area contributed by atoms with E-state index in [2.05, 4.69) is 40.2 Å². The zero-order valence-electron chi connectivity index (χ0n) is 49.8. The molecule has 25 nitrogen and oxygen atoms in total. The van der Waals surface area contributed by atoms with Crippen molar-refractivity contribution >= 4 is 66.1 Å². The van der Waals surface area contributed by atoms with Crippen LogP contribution in [0.2, 0.25) is 0 Å². The van der Waals surface area contributed by atoms with Crippen molar-refractivity contribution in [1.29, 1.82) is 0 Å². The van der Waals surface area contributed by atoms with E-state index in [0.29, 0.717) is 46.5 Å². The van der Waals surface area contributed by atoms with Gasteiger partial charge in [0.15, 0.2) is 17.9 Å². The molecule has 2 aromatic carbocycles. The number of ether oxygens (including phenoxy) is 6. The Morgan fingerprint density at radius 3 is 1.51 bits per heavy atom. The molecular formula is C54H75F3N10O15S3. The molecule has 4 atom stereocenters. The second kappa shape index (κ2) is 29.0. The highest BCUT2D eigenvalue weighted by Crippen LogP contribution is 2.35. The Labute approximate surface area is 494 Å². The number of aromatic nitrogens is 8. The highest BCUT2D eigenvalue weighted by Gasteiger charge is 2.40. The standard InChI is InChI=1S/C26H34FN3O6S.C16H18FN3O3S.C12H20N4O6S.FH.H2/c1-16(2)23-21(13-12-19-14-20(15-22(31)34-6)36-26(3,4)35-19)24(17-8-10-18(27)11-9-17)29-25(28-23)30(5)37(7,32)33;1-10(2)14-13(9-21)15(11-5-7-12(17)8-6-11)19-16(18-14)20(3)24(4,22)23;1-12(2)21-8(6-10(17)20-4)5-9(22-12)7-23(18,19)11-13-14-15-16(11)3;;/h8-13,16,19-20H,14-15H2,1-7H3;5-10H,1-4H3;8-9H,5-7H2,1-4H3;2*1H/b13-12+;;;;/t19-,20-;;8-,9+;;/m1.1../s1/i;;;;1+1. The quantitative estimate of drug-likeness (QED) is 0.0646. The molecule has 7 rings (SSSR count). The molecule has 0 radical (unpaired) electrons. The zero-order valence-corrected chi connectivity index (χ0v) is 52.3. The van der Waals surface area contributed by atoms with E-state index >= 15 is 0 Å². The second-order valence-corrected chi connectivity index (χ2v) is 27.1. The van der Waals surface area contributed by atoms with Crippen molar-refractivity contribution in [2.24, 2.45) is 7.05 Å². The Hall–Kier alpha value is -6.90. The predicted octanol–water partition coefficient (Wildman–Crippen LogP) is 6.76. The monoisotopic (exact) mass is 1260 g/mol. The van der Waals surface area contributed by atoms with Crippen LogP contribution >= 0.6 is 0 Å². The van der Waals surface area contributed by atoms with Crippen molar-refractivity contribution < 1.29 is 83.0 Å². The number of carbonyl (C=O) groups is 3. The summed E-state index contributed by atoms with van der Waals surface area (Å²) in [6, 6.07) is 11.3. The smallest absolute Gasteiger partial charge is 0.308 e. The van der Waals surface area contributed by atoms with Crippen LogP contribution in [-0.2, 0) is 74.9 Å². The van der Waals surface area contributed by atoms with Gasteiger partial charge in [-0.25, -0.2) is 67.3 Å². The molecule has 0 N–H and O–H groups in total. The van der Waals surface area contributed by atoms with Crippen LogP contribution in [0.1, 0.15) is 122 Å². The van der Waals surface area contributed by atoms with Crippen molar-refractivity contribution in [2.45, 2.75) is 134 Å². The maximum Gasteiger partial charge on any atom is 0.308 e. The lowest BCUT2D eigenvalue weighted by Crippen LogP contribution is -2.47. The number of sulfonamides is 2. The molecule has 2 fully saturated rings. The molecule has 0 aliphatic carbocycles. The maximum atomic E-state index is 13.7. The summed E-state index contributed by atoms with van der Waals surface area (Å²) in [4.78, 5) is 52.5. The SMILES string of the molecule is CC(C)c1nc(N(C)S(C)(=O)=O)nc(-c2ccc(F)cc2)c1C=O.COC(=O)C[C@H]1C[C@@H](/C=C/c2c(-c3ccc(F)cc3)nc(N(C)S(C)(=O)=O)nc2C(C)C)OC(C)(C)O1.COC(=O)C[C@H]1C[C@@H](CS(=O)(=O)c2nnnn2C)OC(C)(C)O1.F.[2HH]. The van der Waals surface area contributed by atoms with E-state index in [1.165, 1.54) is 71.8 Å². The van der Waals surface area contributed by atoms with E-state index in [0.717, 1.165) is 25.8 Å². The van der Waals surface area contributed by atoms with Crippen LogP contribution in [0.25, 0.3) is 28.6 Å². The van der Waals surface area contributed by atoms with Gasteiger partial charge in [0, 0.05) is 52.1 Å². The van der Waals surface area contributed by atoms with E-state index in [9.17, 15) is 48.4 Å². The van der Waals surface area contributed by atoms with Crippen LogP contribution < -0.4 is 8.61 Å². The highest BCUT2D eigenvalue weighted by atomic mass is 32.2. The van der Waals surface area contributed by atoms with Gasteiger partial charge in [-0.3, -0.25) is 19.1 Å². The summed E-state index contributed by atoms with van der Waals surface area (Å²) in [6.45, 7) is 14.5.